The lowest BCUT2D eigenvalue weighted by molar-refractivity contribution is -0.384. The largest absolute Gasteiger partial charge is 0.507 e. The van der Waals surface area contributed by atoms with Crippen molar-refractivity contribution in [2.24, 2.45) is 5.10 Å². The molecule has 2 N–H and O–H groups in total. The minimum Gasteiger partial charge on any atom is -0.507 e. The molecule has 0 bridgehead atoms. The molecule has 1 heterocycles. The molecule has 120 valence electrons. The molecular weight excluding hydrogens is 328 g/mol. The standard InChI is InChI=1S/C16H12N4O3S/c21-15-7-6-13(20(22)23)8-12(15)9-17-19-16-18-14(10-24-16)11-4-2-1-3-5-11/h1-10,21H,(H,18,19)/b17-9+. The SMILES string of the molecule is O=[N+]([O-])c1ccc(O)c(/C=N/Nc2nc(-c3ccccc3)cs2)c1. The second-order valence-electron chi connectivity index (χ2n) is 4.77. The van der Waals surface area contributed by atoms with Crippen molar-refractivity contribution in [3.8, 4) is 17.0 Å². The fraction of sp³-hybridized carbons (Fsp3) is 0. The predicted octanol–water partition coefficient (Wildman–Crippen LogP) is 3.87. The molecule has 2 aromatic carbocycles. The van der Waals surface area contributed by atoms with Crippen LogP contribution in [0.2, 0.25) is 0 Å². The highest BCUT2D eigenvalue weighted by atomic mass is 32.1. The summed E-state index contributed by atoms with van der Waals surface area (Å²) in [6, 6.07) is 13.5. The number of aromatic nitrogens is 1. The summed E-state index contributed by atoms with van der Waals surface area (Å²) in [5.41, 5.74) is 4.72. The number of nitro benzene ring substituents is 1. The number of aromatic hydroxyl groups is 1. The molecule has 0 saturated carbocycles. The highest BCUT2D eigenvalue weighted by molar-refractivity contribution is 7.14. The van der Waals surface area contributed by atoms with Crippen LogP contribution in [0, 0.1) is 10.1 Å². The Kier molecular flexibility index (Phi) is 4.48. The summed E-state index contributed by atoms with van der Waals surface area (Å²) in [5.74, 6) is -0.0877. The number of nitrogens with zero attached hydrogens (tertiary/aromatic N) is 3. The van der Waals surface area contributed by atoms with Crippen molar-refractivity contribution in [3.63, 3.8) is 0 Å². The Morgan fingerprint density at radius 2 is 2.04 bits per heavy atom. The summed E-state index contributed by atoms with van der Waals surface area (Å²) in [6.07, 6.45) is 1.31. The van der Waals surface area contributed by atoms with Crippen LogP contribution in [-0.4, -0.2) is 21.2 Å². The van der Waals surface area contributed by atoms with Gasteiger partial charge < -0.3 is 5.11 Å². The third kappa shape index (κ3) is 3.55. The summed E-state index contributed by atoms with van der Waals surface area (Å²) in [5, 5.41) is 26.9. The van der Waals surface area contributed by atoms with E-state index in [0.717, 1.165) is 11.3 Å². The summed E-state index contributed by atoms with van der Waals surface area (Å²) in [4.78, 5) is 14.6. The van der Waals surface area contributed by atoms with Gasteiger partial charge in [-0.1, -0.05) is 30.3 Å². The van der Waals surface area contributed by atoms with Crippen LogP contribution >= 0.6 is 11.3 Å². The maximum absolute atomic E-state index is 10.8. The minimum absolute atomic E-state index is 0.0877. The lowest BCUT2D eigenvalue weighted by atomic mass is 10.2. The van der Waals surface area contributed by atoms with Crippen LogP contribution in [-0.2, 0) is 0 Å². The van der Waals surface area contributed by atoms with Gasteiger partial charge in [-0.25, -0.2) is 4.98 Å². The molecule has 3 aromatic rings. The lowest BCUT2D eigenvalue weighted by Crippen LogP contribution is -1.93. The summed E-state index contributed by atoms with van der Waals surface area (Å²) in [7, 11) is 0. The number of phenolic OH excluding ortho intramolecular Hbond substituents is 1. The van der Waals surface area contributed by atoms with E-state index in [1.165, 1.54) is 35.8 Å². The van der Waals surface area contributed by atoms with Crippen LogP contribution in [0.3, 0.4) is 0 Å². The van der Waals surface area contributed by atoms with Crippen molar-refractivity contribution in [1.29, 1.82) is 0 Å². The van der Waals surface area contributed by atoms with Gasteiger partial charge in [0.15, 0.2) is 0 Å². The first-order valence-corrected chi connectivity index (χ1v) is 7.79. The Balaban J connectivity index is 1.72. The fourth-order valence-electron chi connectivity index (χ4n) is 1.98. The number of benzene rings is 2. The molecule has 0 fully saturated rings. The van der Waals surface area contributed by atoms with Crippen LogP contribution in [0.5, 0.6) is 5.75 Å². The van der Waals surface area contributed by atoms with E-state index in [9.17, 15) is 15.2 Å². The zero-order valence-corrected chi connectivity index (χ0v) is 13.1. The highest BCUT2D eigenvalue weighted by Crippen LogP contribution is 2.25. The molecule has 0 unspecified atom stereocenters. The number of hydrazone groups is 1. The van der Waals surface area contributed by atoms with E-state index < -0.39 is 4.92 Å². The summed E-state index contributed by atoms with van der Waals surface area (Å²) < 4.78 is 0. The van der Waals surface area contributed by atoms with Crippen molar-refractivity contribution < 1.29 is 10.0 Å². The monoisotopic (exact) mass is 340 g/mol. The maximum atomic E-state index is 10.8. The number of nitro groups is 1. The zero-order chi connectivity index (χ0) is 16.9. The van der Waals surface area contributed by atoms with Crippen LogP contribution in [0.25, 0.3) is 11.3 Å². The van der Waals surface area contributed by atoms with Crippen molar-refractivity contribution >= 4 is 28.4 Å². The Morgan fingerprint density at radius 1 is 1.25 bits per heavy atom. The third-order valence-electron chi connectivity index (χ3n) is 3.16. The van der Waals surface area contributed by atoms with Crippen molar-refractivity contribution in [3.05, 3.63) is 69.6 Å². The molecule has 0 radical (unpaired) electrons. The Bertz CT molecular complexity index is 893. The van der Waals surface area contributed by atoms with E-state index in [1.54, 1.807) is 0 Å². The molecule has 0 aliphatic heterocycles. The molecule has 0 aliphatic rings. The van der Waals surface area contributed by atoms with E-state index in [-0.39, 0.29) is 17.0 Å². The van der Waals surface area contributed by atoms with Crippen LogP contribution in [0.1, 0.15) is 5.56 Å². The van der Waals surface area contributed by atoms with E-state index in [1.807, 2.05) is 35.7 Å². The molecule has 0 spiro atoms. The predicted molar refractivity (Wildman–Crippen MR) is 93.5 cm³/mol. The normalized spacial score (nSPS) is 10.8. The lowest BCUT2D eigenvalue weighted by Gasteiger charge is -1.99. The van der Waals surface area contributed by atoms with Crippen molar-refractivity contribution in [1.82, 2.24) is 4.98 Å². The van der Waals surface area contributed by atoms with Crippen molar-refractivity contribution in [2.75, 3.05) is 5.43 Å². The van der Waals surface area contributed by atoms with Gasteiger partial charge in [0.1, 0.15) is 5.75 Å². The number of anilines is 1. The van der Waals surface area contributed by atoms with Crippen LogP contribution < -0.4 is 5.43 Å². The van der Waals surface area contributed by atoms with Gasteiger partial charge in [-0.2, -0.15) is 5.10 Å². The van der Waals surface area contributed by atoms with Gasteiger partial charge in [0, 0.05) is 28.6 Å². The van der Waals surface area contributed by atoms with Gasteiger partial charge in [-0.05, 0) is 6.07 Å². The van der Waals surface area contributed by atoms with Gasteiger partial charge in [0.25, 0.3) is 5.69 Å². The highest BCUT2D eigenvalue weighted by Gasteiger charge is 2.09. The van der Waals surface area contributed by atoms with Crippen LogP contribution in [0.4, 0.5) is 10.8 Å². The molecule has 7 nitrogen and oxygen atoms in total. The Hall–Kier alpha value is -3.26. The molecule has 24 heavy (non-hydrogen) atoms. The first kappa shape index (κ1) is 15.6. The minimum atomic E-state index is -0.531. The van der Waals surface area contributed by atoms with Gasteiger partial charge >= 0.3 is 0 Å². The van der Waals surface area contributed by atoms with Crippen LogP contribution in [0.15, 0.2) is 59.0 Å². The van der Waals surface area contributed by atoms with E-state index >= 15 is 0 Å². The molecule has 0 amide bonds. The summed E-state index contributed by atoms with van der Waals surface area (Å²) >= 11 is 1.39. The Labute approximate surface area is 141 Å². The third-order valence-corrected chi connectivity index (χ3v) is 3.91. The topological polar surface area (TPSA) is 101 Å². The summed E-state index contributed by atoms with van der Waals surface area (Å²) in [6.45, 7) is 0. The Morgan fingerprint density at radius 3 is 2.79 bits per heavy atom. The van der Waals surface area contributed by atoms with Crippen molar-refractivity contribution in [2.45, 2.75) is 0 Å². The number of non-ortho nitro benzene ring substituents is 1. The molecule has 3 rings (SSSR count). The number of nitrogens with one attached hydrogen (secondary N) is 1. The first-order chi connectivity index (χ1) is 11.6. The molecule has 1 aromatic heterocycles. The number of phenols is 1. The molecule has 0 aliphatic carbocycles. The van der Waals surface area contributed by atoms with E-state index in [2.05, 4.69) is 15.5 Å². The van der Waals surface area contributed by atoms with E-state index in [0.29, 0.717) is 5.13 Å². The second-order valence-corrected chi connectivity index (χ2v) is 5.63. The van der Waals surface area contributed by atoms with Gasteiger partial charge in [0.05, 0.1) is 16.8 Å². The fourth-order valence-corrected chi connectivity index (χ4v) is 2.65. The second kappa shape index (κ2) is 6.88. The molecule has 0 atom stereocenters. The number of hydrogen-bond donors (Lipinski definition) is 2. The van der Waals surface area contributed by atoms with E-state index in [4.69, 9.17) is 0 Å². The average Bonchev–Trinajstić information content (AvgIpc) is 3.06. The maximum Gasteiger partial charge on any atom is 0.270 e. The average molecular weight is 340 g/mol. The van der Waals surface area contributed by atoms with Gasteiger partial charge in [0.2, 0.25) is 5.13 Å². The number of hydrogen-bond acceptors (Lipinski definition) is 7. The zero-order valence-electron chi connectivity index (χ0n) is 12.3. The molecule has 0 saturated heterocycles. The smallest absolute Gasteiger partial charge is 0.270 e. The first-order valence-electron chi connectivity index (χ1n) is 6.91. The molecule has 8 heteroatoms. The van der Waals surface area contributed by atoms with Gasteiger partial charge in [-0.3, -0.25) is 15.5 Å². The quantitative estimate of drug-likeness (QED) is 0.417. The molecular formula is C16H12N4O3S. The van der Waals surface area contributed by atoms with Gasteiger partial charge in [-0.15, -0.1) is 11.3 Å². The number of thiazole rings is 1. The number of rotatable bonds is 5.